The van der Waals surface area contributed by atoms with E-state index in [1.54, 1.807) is 0 Å². The monoisotopic (exact) mass is 318 g/mol. The predicted molar refractivity (Wildman–Crippen MR) is 70.1 cm³/mol. The van der Waals surface area contributed by atoms with Crippen molar-refractivity contribution in [1.82, 2.24) is 0 Å². The van der Waals surface area contributed by atoms with Gasteiger partial charge in [-0.05, 0) is 31.1 Å². The number of fused-ring (bicyclic) bond motifs is 1. The summed E-state index contributed by atoms with van der Waals surface area (Å²) in [6.45, 7) is 0. The van der Waals surface area contributed by atoms with E-state index in [4.69, 9.17) is 51.1 Å². The lowest BCUT2D eigenvalue weighted by molar-refractivity contribution is -0.153. The summed E-state index contributed by atoms with van der Waals surface area (Å²) in [6, 6.07) is 0. The number of hydrogen-bond acceptors (Lipinski definition) is 2. The van der Waals surface area contributed by atoms with Crippen LogP contribution in [0.5, 0.6) is 0 Å². The van der Waals surface area contributed by atoms with Crippen LogP contribution in [0.3, 0.4) is 0 Å². The number of esters is 1. The van der Waals surface area contributed by atoms with Crippen LogP contribution < -0.4 is 0 Å². The molecule has 0 aromatic rings. The minimum Gasteiger partial charge on any atom is -0.460 e. The van der Waals surface area contributed by atoms with Gasteiger partial charge in [-0.1, -0.05) is 0 Å². The molecule has 0 spiro atoms. The van der Waals surface area contributed by atoms with Gasteiger partial charge < -0.3 is 4.74 Å². The predicted octanol–water partition coefficient (Wildman–Crippen LogP) is 3.60. The molecular formula is C11H14Cl4O2. The second-order valence-electron chi connectivity index (χ2n) is 4.76. The van der Waals surface area contributed by atoms with E-state index >= 15 is 0 Å². The zero-order chi connectivity index (χ0) is 12.6. The van der Waals surface area contributed by atoms with Gasteiger partial charge in [-0.25, -0.2) is 0 Å². The Labute approximate surface area is 121 Å². The average molecular weight is 320 g/mol. The standard InChI is InChI=1S/C11H14Cl4O2/c12-4-7(5-13)17-10(16)6-1-2-8-9(3-6)11(8,14)15/h6-9H,1-5H2/t6-,8+,9-/m1/s1. The highest BCUT2D eigenvalue weighted by Crippen LogP contribution is 2.66. The summed E-state index contributed by atoms with van der Waals surface area (Å²) >= 11 is 23.5. The number of rotatable bonds is 4. The summed E-state index contributed by atoms with van der Waals surface area (Å²) in [5, 5.41) is 0. The minimum absolute atomic E-state index is 0.107. The third-order valence-electron chi connectivity index (χ3n) is 3.69. The van der Waals surface area contributed by atoms with Crippen molar-refractivity contribution in [1.29, 1.82) is 0 Å². The molecule has 0 unspecified atom stereocenters. The van der Waals surface area contributed by atoms with Gasteiger partial charge in [0, 0.05) is 0 Å². The number of halogens is 4. The van der Waals surface area contributed by atoms with Crippen LogP contribution in [0.2, 0.25) is 0 Å². The molecule has 17 heavy (non-hydrogen) atoms. The van der Waals surface area contributed by atoms with Crippen molar-refractivity contribution in [2.24, 2.45) is 17.8 Å². The second kappa shape index (κ2) is 5.32. The lowest BCUT2D eigenvalue weighted by atomic mass is 9.89. The van der Waals surface area contributed by atoms with Crippen molar-refractivity contribution in [2.45, 2.75) is 29.7 Å². The van der Waals surface area contributed by atoms with Gasteiger partial charge >= 0.3 is 5.97 Å². The molecule has 0 N–H and O–H groups in total. The number of hydrogen-bond donors (Lipinski definition) is 0. The third-order valence-corrected chi connectivity index (χ3v) is 5.50. The van der Waals surface area contributed by atoms with Gasteiger partial charge in [-0.15, -0.1) is 46.4 Å². The molecule has 2 saturated carbocycles. The van der Waals surface area contributed by atoms with Crippen LogP contribution in [-0.2, 0) is 9.53 Å². The summed E-state index contributed by atoms with van der Waals surface area (Å²) in [5.41, 5.74) is 0. The van der Waals surface area contributed by atoms with Crippen LogP contribution in [-0.4, -0.2) is 28.2 Å². The fourth-order valence-electron chi connectivity index (χ4n) is 2.56. The zero-order valence-corrected chi connectivity index (χ0v) is 12.2. The molecule has 6 heteroatoms. The Morgan fingerprint density at radius 2 is 1.88 bits per heavy atom. The van der Waals surface area contributed by atoms with Crippen LogP contribution >= 0.6 is 46.4 Å². The average Bonchev–Trinajstić information content (AvgIpc) is 2.88. The van der Waals surface area contributed by atoms with Gasteiger partial charge in [0.1, 0.15) is 10.4 Å². The molecule has 2 aliphatic rings. The maximum absolute atomic E-state index is 11.9. The first-order valence-electron chi connectivity index (χ1n) is 5.71. The minimum atomic E-state index is -0.618. The molecule has 0 saturated heterocycles. The smallest absolute Gasteiger partial charge is 0.309 e. The maximum atomic E-state index is 11.9. The largest absolute Gasteiger partial charge is 0.460 e. The molecule has 2 rings (SSSR count). The maximum Gasteiger partial charge on any atom is 0.309 e. The van der Waals surface area contributed by atoms with Crippen LogP contribution in [0.1, 0.15) is 19.3 Å². The number of carbonyl (C=O) groups is 1. The van der Waals surface area contributed by atoms with E-state index in [1.807, 2.05) is 0 Å². The van der Waals surface area contributed by atoms with Gasteiger partial charge in [-0.3, -0.25) is 4.79 Å². The zero-order valence-electron chi connectivity index (χ0n) is 9.17. The molecule has 0 aromatic carbocycles. The van der Waals surface area contributed by atoms with Crippen LogP contribution in [0.25, 0.3) is 0 Å². The van der Waals surface area contributed by atoms with E-state index in [2.05, 4.69) is 0 Å². The highest BCUT2D eigenvalue weighted by Gasteiger charge is 2.65. The van der Waals surface area contributed by atoms with E-state index in [-0.39, 0.29) is 29.6 Å². The van der Waals surface area contributed by atoms with Crippen molar-refractivity contribution >= 4 is 52.4 Å². The Morgan fingerprint density at radius 1 is 1.24 bits per heavy atom. The van der Waals surface area contributed by atoms with Crippen LogP contribution in [0.4, 0.5) is 0 Å². The van der Waals surface area contributed by atoms with Gasteiger partial charge in [0.2, 0.25) is 0 Å². The van der Waals surface area contributed by atoms with Crippen molar-refractivity contribution < 1.29 is 9.53 Å². The van der Waals surface area contributed by atoms with Gasteiger partial charge in [-0.2, -0.15) is 0 Å². The summed E-state index contributed by atoms with van der Waals surface area (Å²) in [6.07, 6.45) is 2.00. The van der Waals surface area contributed by atoms with Gasteiger partial charge in [0.25, 0.3) is 0 Å². The Hall–Kier alpha value is 0.630. The van der Waals surface area contributed by atoms with E-state index < -0.39 is 10.4 Å². The van der Waals surface area contributed by atoms with Crippen LogP contribution in [0, 0.1) is 17.8 Å². The van der Waals surface area contributed by atoms with E-state index in [9.17, 15) is 4.79 Å². The summed E-state index contributed by atoms with van der Waals surface area (Å²) in [7, 11) is 0. The SMILES string of the molecule is O=C(OC(CCl)CCl)[C@@H]1CC[C@H]2[C@@H](C1)C2(Cl)Cl. The lowest BCUT2D eigenvalue weighted by Gasteiger charge is -2.21. The van der Waals surface area contributed by atoms with E-state index in [0.29, 0.717) is 12.3 Å². The van der Waals surface area contributed by atoms with Crippen LogP contribution in [0.15, 0.2) is 0 Å². The van der Waals surface area contributed by atoms with E-state index in [0.717, 1.165) is 12.8 Å². The normalized spacial score (nSPS) is 34.3. The fourth-order valence-corrected chi connectivity index (χ4v) is 3.89. The second-order valence-corrected chi connectivity index (χ2v) is 6.83. The lowest BCUT2D eigenvalue weighted by Crippen LogP contribution is -2.28. The number of carbonyl (C=O) groups excluding carboxylic acids is 1. The third kappa shape index (κ3) is 2.80. The molecule has 0 aromatic heterocycles. The summed E-state index contributed by atoms with van der Waals surface area (Å²) in [5.74, 6) is 0.719. The topological polar surface area (TPSA) is 26.3 Å². The van der Waals surface area contributed by atoms with Crippen molar-refractivity contribution in [3.05, 3.63) is 0 Å². The quantitative estimate of drug-likeness (QED) is 0.584. The summed E-state index contributed by atoms with van der Waals surface area (Å²) in [4.78, 5) is 11.9. The fraction of sp³-hybridized carbons (Fsp3) is 0.909. The highest BCUT2D eigenvalue weighted by atomic mass is 35.5. The molecule has 2 aliphatic carbocycles. The Bertz CT molecular complexity index is 304. The Balaban J connectivity index is 1.85. The molecule has 3 atom stereocenters. The van der Waals surface area contributed by atoms with Gasteiger partial charge in [0.05, 0.1) is 17.7 Å². The molecule has 0 amide bonds. The molecule has 0 radical (unpaired) electrons. The van der Waals surface area contributed by atoms with Crippen molar-refractivity contribution in [3.63, 3.8) is 0 Å². The molecule has 0 bridgehead atoms. The first kappa shape index (κ1) is 14.0. The number of alkyl halides is 4. The Kier molecular flexibility index (Phi) is 4.40. The molecular weight excluding hydrogens is 306 g/mol. The highest BCUT2D eigenvalue weighted by molar-refractivity contribution is 6.51. The first-order chi connectivity index (χ1) is 8.00. The van der Waals surface area contributed by atoms with Gasteiger partial charge in [0.15, 0.2) is 0 Å². The molecule has 2 nitrogen and oxygen atoms in total. The first-order valence-corrected chi connectivity index (χ1v) is 7.53. The molecule has 2 fully saturated rings. The molecule has 0 aliphatic heterocycles. The summed E-state index contributed by atoms with van der Waals surface area (Å²) < 4.78 is 4.62. The van der Waals surface area contributed by atoms with E-state index in [1.165, 1.54) is 0 Å². The molecule has 0 heterocycles. The number of ether oxygens (including phenoxy) is 1. The van der Waals surface area contributed by atoms with Crippen molar-refractivity contribution in [2.75, 3.05) is 11.8 Å². The van der Waals surface area contributed by atoms with Crippen molar-refractivity contribution in [3.8, 4) is 0 Å². The Morgan fingerprint density at radius 3 is 2.41 bits per heavy atom. The molecule has 98 valence electrons.